The number of hydrogen-bond acceptors (Lipinski definition) is 3. The molecule has 1 amide bonds. The van der Waals surface area contributed by atoms with Crippen LogP contribution in [0.3, 0.4) is 0 Å². The second kappa shape index (κ2) is 6.71. The quantitative estimate of drug-likeness (QED) is 0.655. The Morgan fingerprint density at radius 2 is 1.95 bits per heavy atom. The van der Waals surface area contributed by atoms with Crippen LogP contribution in [0.1, 0.15) is 25.7 Å². The van der Waals surface area contributed by atoms with Crippen LogP contribution >= 0.6 is 0 Å². The van der Waals surface area contributed by atoms with Crippen molar-refractivity contribution < 1.29 is 9.18 Å². The summed E-state index contributed by atoms with van der Waals surface area (Å²) in [6.07, 6.45) is 5.95. The summed E-state index contributed by atoms with van der Waals surface area (Å²) >= 11 is 0. The average Bonchev–Trinajstić information content (AvgIpc) is 2.95. The van der Waals surface area contributed by atoms with Crippen LogP contribution in [0.2, 0.25) is 0 Å². The van der Waals surface area contributed by atoms with E-state index in [0.717, 1.165) is 12.8 Å². The average molecular weight is 273 g/mol. The molecule has 0 heterocycles. The number of benzene rings is 1. The molecule has 1 aromatic rings. The molecule has 5 heteroatoms. The zero-order chi connectivity index (χ0) is 14.4. The molecule has 0 bridgehead atoms. The number of nitrogens with one attached hydrogen (secondary N) is 2. The molecule has 0 spiro atoms. The molecule has 1 saturated carbocycles. The smallest absolute Gasteiger partial charge is 0.267 e. The van der Waals surface area contributed by atoms with Crippen LogP contribution in [0.5, 0.6) is 0 Å². The molecule has 104 valence electrons. The summed E-state index contributed by atoms with van der Waals surface area (Å²) in [5.74, 6) is -0.869. The van der Waals surface area contributed by atoms with Gasteiger partial charge in [-0.2, -0.15) is 5.26 Å². The second-order valence-corrected chi connectivity index (χ2v) is 4.78. The van der Waals surface area contributed by atoms with Crippen molar-refractivity contribution in [2.45, 2.75) is 31.7 Å². The molecule has 0 saturated heterocycles. The lowest BCUT2D eigenvalue weighted by molar-refractivity contribution is -0.112. The molecule has 0 aliphatic heterocycles. The Bertz CT molecular complexity index is 539. The molecular formula is C15H16FN3O. The maximum absolute atomic E-state index is 12.8. The van der Waals surface area contributed by atoms with Crippen molar-refractivity contribution in [3.05, 3.63) is 41.9 Å². The van der Waals surface area contributed by atoms with Gasteiger partial charge < -0.3 is 10.6 Å². The van der Waals surface area contributed by atoms with Gasteiger partial charge in [-0.05, 0) is 37.1 Å². The van der Waals surface area contributed by atoms with E-state index in [-0.39, 0.29) is 11.4 Å². The topological polar surface area (TPSA) is 64.9 Å². The van der Waals surface area contributed by atoms with Gasteiger partial charge >= 0.3 is 0 Å². The highest BCUT2D eigenvalue weighted by Crippen LogP contribution is 2.17. The number of rotatable bonds is 4. The lowest BCUT2D eigenvalue weighted by Crippen LogP contribution is -2.23. The van der Waals surface area contributed by atoms with E-state index in [4.69, 9.17) is 5.26 Å². The summed E-state index contributed by atoms with van der Waals surface area (Å²) < 4.78 is 12.8. The molecule has 4 nitrogen and oxygen atoms in total. The van der Waals surface area contributed by atoms with Crippen LogP contribution in [0.4, 0.5) is 10.1 Å². The molecule has 2 N–H and O–H groups in total. The molecule has 1 fully saturated rings. The van der Waals surface area contributed by atoms with Gasteiger partial charge in [0.15, 0.2) is 0 Å². The van der Waals surface area contributed by atoms with E-state index in [0.29, 0.717) is 11.7 Å². The Hall–Kier alpha value is -2.35. The maximum atomic E-state index is 12.8. The molecule has 0 atom stereocenters. The first-order valence-corrected chi connectivity index (χ1v) is 6.62. The number of carbonyl (C=O) groups excluding carboxylic acids is 1. The summed E-state index contributed by atoms with van der Waals surface area (Å²) in [7, 11) is 0. The highest BCUT2D eigenvalue weighted by molar-refractivity contribution is 6.06. The predicted molar refractivity (Wildman–Crippen MR) is 74.1 cm³/mol. The Morgan fingerprint density at radius 3 is 2.55 bits per heavy atom. The van der Waals surface area contributed by atoms with Crippen LogP contribution in [0.25, 0.3) is 0 Å². The Balaban J connectivity index is 1.96. The fourth-order valence-electron chi connectivity index (χ4n) is 2.17. The maximum Gasteiger partial charge on any atom is 0.267 e. The molecule has 1 aliphatic carbocycles. The van der Waals surface area contributed by atoms with Crippen molar-refractivity contribution in [3.8, 4) is 6.07 Å². The van der Waals surface area contributed by atoms with Crippen LogP contribution in [-0.4, -0.2) is 11.9 Å². The molecule has 0 unspecified atom stereocenters. The van der Waals surface area contributed by atoms with Gasteiger partial charge in [-0.3, -0.25) is 4.79 Å². The number of hydrogen-bond donors (Lipinski definition) is 2. The number of carbonyl (C=O) groups is 1. The zero-order valence-corrected chi connectivity index (χ0v) is 11.0. The van der Waals surface area contributed by atoms with Gasteiger partial charge in [0.25, 0.3) is 5.91 Å². The van der Waals surface area contributed by atoms with Crippen molar-refractivity contribution in [2.75, 3.05) is 5.32 Å². The summed E-state index contributed by atoms with van der Waals surface area (Å²) in [6, 6.07) is 7.62. The number of nitrogens with zero attached hydrogens (tertiary/aromatic N) is 1. The lowest BCUT2D eigenvalue weighted by atomic mass is 10.2. The number of nitriles is 1. The first-order chi connectivity index (χ1) is 9.69. The normalized spacial score (nSPS) is 15.7. The highest BCUT2D eigenvalue weighted by Gasteiger charge is 2.15. The molecule has 1 aliphatic rings. The van der Waals surface area contributed by atoms with Gasteiger partial charge in [-0.15, -0.1) is 0 Å². The van der Waals surface area contributed by atoms with Crippen molar-refractivity contribution in [1.82, 2.24) is 5.32 Å². The SMILES string of the molecule is N#C/C(=C/NC1CCCC1)C(=O)Nc1ccc(F)cc1. The zero-order valence-electron chi connectivity index (χ0n) is 11.0. The van der Waals surface area contributed by atoms with Crippen LogP contribution in [0.15, 0.2) is 36.0 Å². The van der Waals surface area contributed by atoms with Crippen molar-refractivity contribution >= 4 is 11.6 Å². The Morgan fingerprint density at radius 1 is 1.30 bits per heavy atom. The molecule has 1 aromatic carbocycles. The van der Waals surface area contributed by atoms with Gasteiger partial charge in [0.1, 0.15) is 17.5 Å². The van der Waals surface area contributed by atoms with E-state index in [1.54, 1.807) is 0 Å². The van der Waals surface area contributed by atoms with E-state index < -0.39 is 5.91 Å². The fourth-order valence-corrected chi connectivity index (χ4v) is 2.17. The van der Waals surface area contributed by atoms with E-state index in [2.05, 4.69) is 10.6 Å². The van der Waals surface area contributed by atoms with E-state index in [1.165, 1.54) is 43.3 Å². The van der Waals surface area contributed by atoms with E-state index in [1.807, 2.05) is 6.07 Å². The monoisotopic (exact) mass is 273 g/mol. The summed E-state index contributed by atoms with van der Waals surface area (Å²) in [5, 5.41) is 14.7. The standard InChI is InChI=1S/C15H16FN3O/c16-12-5-7-14(8-6-12)19-15(20)11(9-17)10-18-13-3-1-2-4-13/h5-8,10,13,18H,1-4H2,(H,19,20)/b11-10-. The molecule has 20 heavy (non-hydrogen) atoms. The number of anilines is 1. The lowest BCUT2D eigenvalue weighted by Gasteiger charge is -2.09. The second-order valence-electron chi connectivity index (χ2n) is 4.78. The van der Waals surface area contributed by atoms with Gasteiger partial charge in [-0.25, -0.2) is 4.39 Å². The summed E-state index contributed by atoms with van der Waals surface area (Å²) in [5.41, 5.74) is 0.472. The first kappa shape index (κ1) is 14.1. The summed E-state index contributed by atoms with van der Waals surface area (Å²) in [4.78, 5) is 11.9. The van der Waals surface area contributed by atoms with Crippen LogP contribution < -0.4 is 10.6 Å². The van der Waals surface area contributed by atoms with Crippen molar-refractivity contribution in [3.63, 3.8) is 0 Å². The fraction of sp³-hybridized carbons (Fsp3) is 0.333. The van der Waals surface area contributed by atoms with E-state index in [9.17, 15) is 9.18 Å². The van der Waals surface area contributed by atoms with E-state index >= 15 is 0 Å². The number of amides is 1. The third kappa shape index (κ3) is 3.82. The van der Waals surface area contributed by atoms with Crippen molar-refractivity contribution in [2.24, 2.45) is 0 Å². The molecule has 2 rings (SSSR count). The molecule has 0 radical (unpaired) electrons. The third-order valence-electron chi connectivity index (χ3n) is 3.29. The Labute approximate surface area is 117 Å². The van der Waals surface area contributed by atoms with Gasteiger partial charge in [0, 0.05) is 17.9 Å². The van der Waals surface area contributed by atoms with Crippen LogP contribution in [-0.2, 0) is 4.79 Å². The number of halogens is 1. The van der Waals surface area contributed by atoms with Crippen LogP contribution in [0, 0.1) is 17.1 Å². The minimum absolute atomic E-state index is 0.0150. The molecule has 0 aromatic heterocycles. The third-order valence-corrected chi connectivity index (χ3v) is 3.29. The minimum atomic E-state index is -0.496. The summed E-state index contributed by atoms with van der Waals surface area (Å²) in [6.45, 7) is 0. The molecular weight excluding hydrogens is 257 g/mol. The first-order valence-electron chi connectivity index (χ1n) is 6.62. The van der Waals surface area contributed by atoms with Gasteiger partial charge in [-0.1, -0.05) is 12.8 Å². The van der Waals surface area contributed by atoms with Crippen molar-refractivity contribution in [1.29, 1.82) is 5.26 Å². The Kier molecular flexibility index (Phi) is 4.72. The predicted octanol–water partition coefficient (Wildman–Crippen LogP) is 2.70. The van der Waals surface area contributed by atoms with Gasteiger partial charge in [0.2, 0.25) is 0 Å². The largest absolute Gasteiger partial charge is 0.387 e. The minimum Gasteiger partial charge on any atom is -0.387 e. The highest BCUT2D eigenvalue weighted by atomic mass is 19.1. The van der Waals surface area contributed by atoms with Gasteiger partial charge in [0.05, 0.1) is 0 Å².